The van der Waals surface area contributed by atoms with Gasteiger partial charge in [-0.2, -0.15) is 0 Å². The number of hydrogen-bond donors (Lipinski definition) is 3. The third-order valence-corrected chi connectivity index (χ3v) is 3.48. The number of aliphatic hydroxyl groups is 1. The lowest BCUT2D eigenvalue weighted by Crippen LogP contribution is -2.29. The van der Waals surface area contributed by atoms with Gasteiger partial charge in [-0.15, -0.1) is 0 Å². The van der Waals surface area contributed by atoms with Gasteiger partial charge >= 0.3 is 0 Å². The number of aliphatic hydroxyl groups excluding tert-OH is 1. The molecule has 1 saturated carbocycles. The Labute approximate surface area is 108 Å². The quantitative estimate of drug-likeness (QED) is 0.523. The number of hydrogen-bond acceptors (Lipinski definition) is 3. The summed E-state index contributed by atoms with van der Waals surface area (Å²) in [7, 11) is 0. The molecule has 4 heteroatoms. The van der Waals surface area contributed by atoms with Crippen LogP contribution in [-0.4, -0.2) is 35.0 Å². The van der Waals surface area contributed by atoms with Crippen molar-refractivity contribution < 1.29 is 5.11 Å². The van der Waals surface area contributed by atoms with Crippen LogP contribution >= 0.6 is 0 Å². The van der Waals surface area contributed by atoms with E-state index < -0.39 is 0 Å². The summed E-state index contributed by atoms with van der Waals surface area (Å²) in [4.78, 5) is 2.33. The first kappa shape index (κ1) is 13.1. The minimum absolute atomic E-state index is 0.110. The van der Waals surface area contributed by atoms with Crippen molar-refractivity contribution in [2.75, 3.05) is 13.2 Å². The zero-order valence-corrected chi connectivity index (χ0v) is 10.8. The van der Waals surface area contributed by atoms with Crippen molar-refractivity contribution >= 4 is 5.84 Å². The Morgan fingerprint density at radius 2 is 2.22 bits per heavy atom. The van der Waals surface area contributed by atoms with Crippen LogP contribution in [0.1, 0.15) is 29.5 Å². The lowest BCUT2D eigenvalue weighted by molar-refractivity contribution is 0.183. The topological polar surface area (TPSA) is 73.3 Å². The second-order valence-corrected chi connectivity index (χ2v) is 4.98. The van der Waals surface area contributed by atoms with Crippen molar-refractivity contribution in [1.82, 2.24) is 4.90 Å². The molecule has 0 radical (unpaired) electrons. The standard InChI is InChI=1S/C14H21N3O/c1-10-8-11(14(15)16)2-3-12(10)9-17(6-7-18)13-4-5-13/h2-3,8,13,18H,4-7,9H2,1H3,(H3,15,16). The van der Waals surface area contributed by atoms with E-state index in [9.17, 15) is 0 Å². The summed E-state index contributed by atoms with van der Waals surface area (Å²) >= 11 is 0. The molecule has 0 aromatic heterocycles. The maximum atomic E-state index is 9.09. The van der Waals surface area contributed by atoms with Crippen molar-refractivity contribution in [2.24, 2.45) is 5.73 Å². The summed E-state index contributed by atoms with van der Waals surface area (Å²) < 4.78 is 0. The molecule has 98 valence electrons. The Bertz CT molecular complexity index is 441. The summed E-state index contributed by atoms with van der Waals surface area (Å²) in [5.41, 5.74) is 8.66. The average Bonchev–Trinajstić information content (AvgIpc) is 3.14. The molecule has 1 aliphatic carbocycles. The van der Waals surface area contributed by atoms with Gasteiger partial charge in [0.25, 0.3) is 0 Å². The molecule has 0 heterocycles. The minimum Gasteiger partial charge on any atom is -0.395 e. The van der Waals surface area contributed by atoms with E-state index >= 15 is 0 Å². The van der Waals surface area contributed by atoms with Gasteiger partial charge in [-0.25, -0.2) is 0 Å². The van der Waals surface area contributed by atoms with Gasteiger partial charge in [-0.1, -0.05) is 12.1 Å². The van der Waals surface area contributed by atoms with Crippen molar-refractivity contribution in [3.05, 3.63) is 34.9 Å². The van der Waals surface area contributed by atoms with Crippen molar-refractivity contribution in [2.45, 2.75) is 32.4 Å². The van der Waals surface area contributed by atoms with Crippen LogP contribution in [0, 0.1) is 12.3 Å². The first-order valence-corrected chi connectivity index (χ1v) is 6.40. The molecule has 2 rings (SSSR count). The Kier molecular flexibility index (Phi) is 3.99. The van der Waals surface area contributed by atoms with Gasteiger partial charge in [-0.05, 0) is 37.0 Å². The fourth-order valence-electron chi connectivity index (χ4n) is 2.22. The van der Waals surface area contributed by atoms with E-state index in [1.165, 1.54) is 18.4 Å². The highest BCUT2D eigenvalue weighted by Gasteiger charge is 2.28. The van der Waals surface area contributed by atoms with Crippen LogP contribution in [0.4, 0.5) is 0 Å². The number of rotatable bonds is 6. The van der Waals surface area contributed by atoms with Crippen molar-refractivity contribution in [3.8, 4) is 0 Å². The number of nitrogens with zero attached hydrogens (tertiary/aromatic N) is 1. The molecule has 4 N–H and O–H groups in total. The van der Waals surface area contributed by atoms with Crippen LogP contribution in [0.15, 0.2) is 18.2 Å². The zero-order chi connectivity index (χ0) is 13.1. The Balaban J connectivity index is 2.10. The van der Waals surface area contributed by atoms with Crippen LogP contribution in [0.5, 0.6) is 0 Å². The number of nitrogens with one attached hydrogen (secondary N) is 1. The van der Waals surface area contributed by atoms with E-state index in [0.717, 1.165) is 24.2 Å². The highest BCUT2D eigenvalue weighted by Crippen LogP contribution is 2.28. The van der Waals surface area contributed by atoms with E-state index in [4.69, 9.17) is 16.2 Å². The summed E-state index contributed by atoms with van der Waals surface area (Å²) in [6.07, 6.45) is 2.48. The maximum absolute atomic E-state index is 9.09. The predicted octanol–water partition coefficient (Wildman–Crippen LogP) is 1.24. The predicted molar refractivity (Wildman–Crippen MR) is 72.7 cm³/mol. The Hall–Kier alpha value is -1.39. The van der Waals surface area contributed by atoms with Crippen LogP contribution in [0.3, 0.4) is 0 Å². The molecule has 0 amide bonds. The molecule has 18 heavy (non-hydrogen) atoms. The van der Waals surface area contributed by atoms with Gasteiger partial charge in [-0.3, -0.25) is 10.3 Å². The van der Waals surface area contributed by atoms with Gasteiger partial charge < -0.3 is 10.8 Å². The molecular weight excluding hydrogens is 226 g/mol. The fraction of sp³-hybridized carbons (Fsp3) is 0.500. The highest BCUT2D eigenvalue weighted by atomic mass is 16.3. The van der Waals surface area contributed by atoms with Crippen molar-refractivity contribution in [1.29, 1.82) is 5.41 Å². The van der Waals surface area contributed by atoms with Gasteiger partial charge in [0.15, 0.2) is 0 Å². The summed E-state index contributed by atoms with van der Waals surface area (Å²) in [5.74, 6) is 0.110. The van der Waals surface area contributed by atoms with Crippen molar-refractivity contribution in [3.63, 3.8) is 0 Å². The Morgan fingerprint density at radius 3 is 2.72 bits per heavy atom. The number of amidine groups is 1. The summed E-state index contributed by atoms with van der Waals surface area (Å²) in [6.45, 7) is 3.86. The molecule has 1 aliphatic rings. The minimum atomic E-state index is 0.110. The number of nitrogens with two attached hydrogens (primary N) is 1. The molecular formula is C14H21N3O. The van der Waals surface area contributed by atoms with Crippen LogP contribution in [-0.2, 0) is 6.54 Å². The number of benzene rings is 1. The SMILES string of the molecule is Cc1cc(C(=N)N)ccc1CN(CCO)C1CC1. The fourth-order valence-corrected chi connectivity index (χ4v) is 2.22. The first-order valence-electron chi connectivity index (χ1n) is 6.40. The molecule has 0 unspecified atom stereocenters. The Morgan fingerprint density at radius 1 is 1.50 bits per heavy atom. The first-order chi connectivity index (χ1) is 8.61. The normalized spacial score (nSPS) is 15.1. The number of nitrogen functional groups attached to an aromatic ring is 1. The smallest absolute Gasteiger partial charge is 0.122 e. The average molecular weight is 247 g/mol. The highest BCUT2D eigenvalue weighted by molar-refractivity contribution is 5.95. The molecule has 0 saturated heterocycles. The molecule has 1 aromatic rings. The number of aryl methyl sites for hydroxylation is 1. The second-order valence-electron chi connectivity index (χ2n) is 4.98. The molecule has 0 bridgehead atoms. The zero-order valence-electron chi connectivity index (χ0n) is 10.8. The van der Waals surface area contributed by atoms with E-state index in [2.05, 4.69) is 4.90 Å². The second kappa shape index (κ2) is 5.50. The molecule has 4 nitrogen and oxygen atoms in total. The molecule has 1 aromatic carbocycles. The lowest BCUT2D eigenvalue weighted by atomic mass is 10.0. The van der Waals surface area contributed by atoms with E-state index in [1.54, 1.807) is 0 Å². The van der Waals surface area contributed by atoms with E-state index in [0.29, 0.717) is 6.04 Å². The summed E-state index contributed by atoms with van der Waals surface area (Å²) in [5, 5.41) is 16.5. The third kappa shape index (κ3) is 3.09. The van der Waals surface area contributed by atoms with Gasteiger partial charge in [0.2, 0.25) is 0 Å². The van der Waals surface area contributed by atoms with Crippen LogP contribution in [0.25, 0.3) is 0 Å². The van der Waals surface area contributed by atoms with Crippen LogP contribution < -0.4 is 5.73 Å². The van der Waals surface area contributed by atoms with Gasteiger partial charge in [0.1, 0.15) is 5.84 Å². The monoisotopic (exact) mass is 247 g/mol. The molecule has 0 spiro atoms. The maximum Gasteiger partial charge on any atom is 0.122 e. The van der Waals surface area contributed by atoms with Crippen LogP contribution in [0.2, 0.25) is 0 Å². The third-order valence-electron chi connectivity index (χ3n) is 3.48. The largest absolute Gasteiger partial charge is 0.395 e. The van der Waals surface area contributed by atoms with Gasteiger partial charge in [0.05, 0.1) is 6.61 Å². The van der Waals surface area contributed by atoms with E-state index in [-0.39, 0.29) is 12.4 Å². The molecule has 0 atom stereocenters. The molecule has 0 aliphatic heterocycles. The van der Waals surface area contributed by atoms with E-state index in [1.807, 2.05) is 25.1 Å². The molecule has 1 fully saturated rings. The van der Waals surface area contributed by atoms with Gasteiger partial charge in [0, 0.05) is 24.7 Å². The summed E-state index contributed by atoms with van der Waals surface area (Å²) in [6, 6.07) is 6.54. The lowest BCUT2D eigenvalue weighted by Gasteiger charge is -2.22.